The Hall–Kier alpha value is -2.47. The Bertz CT molecular complexity index is 794. The number of nitro groups is 1. The third kappa shape index (κ3) is 2.97. The van der Waals surface area contributed by atoms with E-state index in [1.807, 2.05) is 17.0 Å². The van der Waals surface area contributed by atoms with Crippen molar-refractivity contribution >= 4 is 23.0 Å². The van der Waals surface area contributed by atoms with Gasteiger partial charge in [-0.15, -0.1) is 0 Å². The summed E-state index contributed by atoms with van der Waals surface area (Å²) in [4.78, 5) is 12.9. The highest BCUT2D eigenvalue weighted by molar-refractivity contribution is 6.30. The number of nitro benzene ring substituents is 1. The minimum absolute atomic E-state index is 0.0198. The van der Waals surface area contributed by atoms with Crippen LogP contribution in [0.3, 0.4) is 0 Å². The monoisotopic (exact) mass is 348 g/mol. The molecule has 0 atom stereocenters. The van der Waals surface area contributed by atoms with Gasteiger partial charge in [0.15, 0.2) is 11.5 Å². The van der Waals surface area contributed by atoms with Gasteiger partial charge in [0, 0.05) is 24.2 Å². The normalized spacial score (nSPS) is 13.4. The van der Waals surface area contributed by atoms with Gasteiger partial charge in [-0.25, -0.2) is 0 Å². The van der Waals surface area contributed by atoms with Crippen LogP contribution in [-0.4, -0.2) is 25.7 Å². The second kappa shape index (κ2) is 6.57. The lowest BCUT2D eigenvalue weighted by Crippen LogP contribution is -2.30. The van der Waals surface area contributed by atoms with Crippen LogP contribution in [0.4, 0.5) is 11.4 Å². The fraction of sp³-hybridized carbons (Fsp3) is 0.294. The third-order valence-electron chi connectivity index (χ3n) is 4.19. The molecule has 0 saturated heterocycles. The Labute approximate surface area is 144 Å². The molecule has 1 heterocycles. The van der Waals surface area contributed by atoms with Gasteiger partial charge in [0.05, 0.1) is 19.1 Å². The number of halogens is 1. The van der Waals surface area contributed by atoms with Crippen LogP contribution in [0.5, 0.6) is 11.5 Å². The summed E-state index contributed by atoms with van der Waals surface area (Å²) < 4.78 is 10.7. The summed E-state index contributed by atoms with van der Waals surface area (Å²) in [5, 5.41) is 11.7. The van der Waals surface area contributed by atoms with Crippen molar-refractivity contribution in [3.8, 4) is 11.5 Å². The molecule has 0 spiro atoms. The lowest BCUT2D eigenvalue weighted by atomic mass is 9.98. The fourth-order valence-corrected chi connectivity index (χ4v) is 3.17. The van der Waals surface area contributed by atoms with E-state index in [9.17, 15) is 10.1 Å². The molecule has 1 aliphatic heterocycles. The third-order valence-corrected chi connectivity index (χ3v) is 4.43. The van der Waals surface area contributed by atoms with Crippen molar-refractivity contribution in [3.63, 3.8) is 0 Å². The molecule has 0 saturated carbocycles. The molecule has 2 aromatic carbocycles. The summed E-state index contributed by atoms with van der Waals surface area (Å²) in [5.74, 6) is 1.35. The molecule has 0 N–H and O–H groups in total. The Balaban J connectivity index is 1.97. The van der Waals surface area contributed by atoms with Gasteiger partial charge in [0.1, 0.15) is 5.69 Å². The Kier molecular flexibility index (Phi) is 4.49. The molecule has 0 aliphatic carbocycles. The molecule has 24 heavy (non-hydrogen) atoms. The van der Waals surface area contributed by atoms with E-state index in [1.54, 1.807) is 26.4 Å². The summed E-state index contributed by atoms with van der Waals surface area (Å²) in [6.07, 6.45) is 0.773. The van der Waals surface area contributed by atoms with Crippen molar-refractivity contribution in [1.29, 1.82) is 0 Å². The molecule has 2 aromatic rings. The molecule has 0 amide bonds. The zero-order valence-electron chi connectivity index (χ0n) is 13.4. The smallest absolute Gasteiger partial charge is 0.294 e. The highest BCUT2D eigenvalue weighted by Gasteiger charge is 2.25. The molecule has 1 aliphatic rings. The van der Waals surface area contributed by atoms with Gasteiger partial charge in [0.2, 0.25) is 0 Å². The first kappa shape index (κ1) is 16.4. The number of hydrogen-bond donors (Lipinski definition) is 0. The van der Waals surface area contributed by atoms with Crippen molar-refractivity contribution < 1.29 is 14.4 Å². The van der Waals surface area contributed by atoms with Crippen molar-refractivity contribution in [1.82, 2.24) is 0 Å². The summed E-state index contributed by atoms with van der Waals surface area (Å²) in [7, 11) is 3.20. The lowest BCUT2D eigenvalue weighted by molar-refractivity contribution is -0.384. The predicted molar refractivity (Wildman–Crippen MR) is 92.4 cm³/mol. The predicted octanol–water partition coefficient (Wildman–Crippen LogP) is 3.83. The molecule has 6 nitrogen and oxygen atoms in total. The molecule has 0 fully saturated rings. The maximum absolute atomic E-state index is 11.3. The fourth-order valence-electron chi connectivity index (χ4n) is 3.00. The van der Waals surface area contributed by atoms with Crippen LogP contribution in [-0.2, 0) is 13.0 Å². The topological polar surface area (TPSA) is 64.8 Å². The standard InChI is InChI=1S/C17H17ClN2O4/c1-23-16-7-11-5-6-19(10-12(11)8-17(16)24-2)14-4-3-13(18)9-15(14)20(21)22/h3-4,7-9H,5-6,10H2,1-2H3. The summed E-state index contributed by atoms with van der Waals surface area (Å²) >= 11 is 5.90. The number of hydrogen-bond acceptors (Lipinski definition) is 5. The molecule has 7 heteroatoms. The Morgan fingerprint density at radius 1 is 1.12 bits per heavy atom. The van der Waals surface area contributed by atoms with E-state index in [-0.39, 0.29) is 5.69 Å². The average molecular weight is 349 g/mol. The first-order valence-electron chi connectivity index (χ1n) is 7.46. The van der Waals surface area contributed by atoms with E-state index in [0.29, 0.717) is 35.3 Å². The molecular formula is C17H17ClN2O4. The number of nitrogens with zero attached hydrogens (tertiary/aromatic N) is 2. The molecule has 0 unspecified atom stereocenters. The van der Waals surface area contributed by atoms with Crippen molar-refractivity contribution in [2.24, 2.45) is 0 Å². The number of benzene rings is 2. The maximum Gasteiger partial charge on any atom is 0.294 e. The van der Waals surface area contributed by atoms with E-state index in [0.717, 1.165) is 12.0 Å². The van der Waals surface area contributed by atoms with Crippen molar-refractivity contribution in [2.45, 2.75) is 13.0 Å². The summed E-state index contributed by atoms with van der Waals surface area (Å²) in [6.45, 7) is 1.25. The Morgan fingerprint density at radius 3 is 2.42 bits per heavy atom. The van der Waals surface area contributed by atoms with E-state index >= 15 is 0 Å². The maximum atomic E-state index is 11.3. The van der Waals surface area contributed by atoms with Gasteiger partial charge in [-0.05, 0) is 41.8 Å². The lowest BCUT2D eigenvalue weighted by Gasteiger charge is -2.31. The van der Waals surface area contributed by atoms with Gasteiger partial charge in [-0.3, -0.25) is 10.1 Å². The van der Waals surface area contributed by atoms with Gasteiger partial charge < -0.3 is 14.4 Å². The van der Waals surface area contributed by atoms with Gasteiger partial charge in [-0.1, -0.05) is 11.6 Å². The van der Waals surface area contributed by atoms with Crippen LogP contribution in [0.1, 0.15) is 11.1 Å². The minimum Gasteiger partial charge on any atom is -0.493 e. The van der Waals surface area contributed by atoms with E-state index in [1.165, 1.54) is 11.6 Å². The summed E-state index contributed by atoms with van der Waals surface area (Å²) in [6, 6.07) is 8.67. The van der Waals surface area contributed by atoms with Crippen LogP contribution in [0.2, 0.25) is 5.02 Å². The SMILES string of the molecule is COc1cc2c(cc1OC)CN(c1ccc(Cl)cc1[N+](=O)[O-])CC2. The van der Waals surface area contributed by atoms with Crippen LogP contribution < -0.4 is 14.4 Å². The van der Waals surface area contributed by atoms with Crippen molar-refractivity contribution in [3.05, 3.63) is 56.6 Å². The quantitative estimate of drug-likeness (QED) is 0.620. The highest BCUT2D eigenvalue weighted by atomic mass is 35.5. The highest BCUT2D eigenvalue weighted by Crippen LogP contribution is 2.37. The molecule has 3 rings (SSSR count). The van der Waals surface area contributed by atoms with E-state index in [4.69, 9.17) is 21.1 Å². The number of rotatable bonds is 4. The van der Waals surface area contributed by atoms with Crippen LogP contribution >= 0.6 is 11.6 Å². The first-order valence-corrected chi connectivity index (χ1v) is 7.84. The number of ether oxygens (including phenoxy) is 2. The van der Waals surface area contributed by atoms with Gasteiger partial charge >= 0.3 is 0 Å². The molecule has 0 aromatic heterocycles. The van der Waals surface area contributed by atoms with E-state index in [2.05, 4.69) is 0 Å². The second-order valence-electron chi connectivity index (χ2n) is 5.54. The number of methoxy groups -OCH3 is 2. The van der Waals surface area contributed by atoms with Crippen LogP contribution in [0.15, 0.2) is 30.3 Å². The average Bonchev–Trinajstić information content (AvgIpc) is 2.59. The largest absolute Gasteiger partial charge is 0.493 e. The molecular weight excluding hydrogens is 332 g/mol. The second-order valence-corrected chi connectivity index (χ2v) is 5.97. The van der Waals surface area contributed by atoms with Crippen LogP contribution in [0, 0.1) is 10.1 Å². The van der Waals surface area contributed by atoms with Gasteiger partial charge in [-0.2, -0.15) is 0 Å². The minimum atomic E-state index is -0.397. The van der Waals surface area contributed by atoms with E-state index < -0.39 is 4.92 Å². The number of fused-ring (bicyclic) bond motifs is 1. The molecule has 0 radical (unpaired) electrons. The van der Waals surface area contributed by atoms with Crippen LogP contribution in [0.25, 0.3) is 0 Å². The molecule has 126 valence electrons. The zero-order chi connectivity index (χ0) is 17.3. The summed E-state index contributed by atoms with van der Waals surface area (Å²) in [5.41, 5.74) is 2.83. The van der Waals surface area contributed by atoms with Crippen molar-refractivity contribution in [2.75, 3.05) is 25.7 Å². The van der Waals surface area contributed by atoms with Gasteiger partial charge in [0.25, 0.3) is 5.69 Å². The number of anilines is 1. The first-order chi connectivity index (χ1) is 11.5. The molecule has 0 bridgehead atoms. The zero-order valence-corrected chi connectivity index (χ0v) is 14.2. The Morgan fingerprint density at radius 2 is 1.79 bits per heavy atom.